The number of hydrogen-bond acceptors (Lipinski definition) is 6. The molecule has 198 valence electrons. The summed E-state index contributed by atoms with van der Waals surface area (Å²) in [4.78, 5) is 31.8. The van der Waals surface area contributed by atoms with E-state index in [1.807, 2.05) is 48.5 Å². The SMILES string of the molecule is CCN(CC)C[C@@H](CC[C@H](CN(CC)CC)C(=O)c1ccc(OC)cc1)C(=O)c1ccc(OC)cc1. The third-order valence-corrected chi connectivity index (χ3v) is 7.10. The Labute approximate surface area is 217 Å². The number of rotatable bonds is 17. The van der Waals surface area contributed by atoms with Gasteiger partial charge in [0.2, 0.25) is 0 Å². The van der Waals surface area contributed by atoms with Gasteiger partial charge in [-0.05, 0) is 87.6 Å². The van der Waals surface area contributed by atoms with Crippen LogP contribution in [0.3, 0.4) is 0 Å². The van der Waals surface area contributed by atoms with E-state index < -0.39 is 0 Å². The predicted molar refractivity (Wildman–Crippen MR) is 146 cm³/mol. The van der Waals surface area contributed by atoms with Gasteiger partial charge in [0.25, 0.3) is 0 Å². The molecular formula is C30H44N2O4. The summed E-state index contributed by atoms with van der Waals surface area (Å²) in [5.74, 6) is 1.36. The second-order valence-electron chi connectivity index (χ2n) is 9.13. The van der Waals surface area contributed by atoms with Crippen LogP contribution in [0, 0.1) is 11.8 Å². The molecule has 0 aliphatic rings. The van der Waals surface area contributed by atoms with Crippen molar-refractivity contribution in [1.82, 2.24) is 9.80 Å². The number of ketones is 2. The van der Waals surface area contributed by atoms with Crippen LogP contribution in [0.25, 0.3) is 0 Å². The highest BCUT2D eigenvalue weighted by atomic mass is 16.5. The highest BCUT2D eigenvalue weighted by molar-refractivity contribution is 5.99. The maximum Gasteiger partial charge on any atom is 0.167 e. The van der Waals surface area contributed by atoms with Crippen LogP contribution in [-0.2, 0) is 0 Å². The fraction of sp³-hybridized carbons (Fsp3) is 0.533. The number of Topliss-reactive ketones (excluding diaryl/α,β-unsaturated/α-hetero) is 2. The number of methoxy groups -OCH3 is 2. The highest BCUT2D eigenvalue weighted by Crippen LogP contribution is 2.24. The molecule has 0 radical (unpaired) electrons. The summed E-state index contributed by atoms with van der Waals surface area (Å²) >= 11 is 0. The second-order valence-corrected chi connectivity index (χ2v) is 9.13. The van der Waals surface area contributed by atoms with Crippen molar-refractivity contribution in [3.05, 3.63) is 59.7 Å². The first-order valence-corrected chi connectivity index (χ1v) is 13.2. The zero-order valence-electron chi connectivity index (χ0n) is 23.0. The first kappa shape index (κ1) is 29.5. The Morgan fingerprint density at radius 1 is 0.611 bits per heavy atom. The molecule has 0 spiro atoms. The van der Waals surface area contributed by atoms with E-state index in [1.54, 1.807) is 14.2 Å². The smallest absolute Gasteiger partial charge is 0.167 e. The molecule has 2 atom stereocenters. The van der Waals surface area contributed by atoms with E-state index in [4.69, 9.17) is 9.47 Å². The average Bonchev–Trinajstić information content (AvgIpc) is 2.94. The third kappa shape index (κ3) is 8.45. The Bertz CT molecular complexity index is 841. The molecule has 0 aliphatic carbocycles. The maximum atomic E-state index is 13.6. The minimum absolute atomic E-state index is 0.128. The van der Waals surface area contributed by atoms with E-state index in [-0.39, 0.29) is 23.4 Å². The lowest BCUT2D eigenvalue weighted by molar-refractivity contribution is 0.0815. The summed E-state index contributed by atoms with van der Waals surface area (Å²) in [5, 5.41) is 0. The summed E-state index contributed by atoms with van der Waals surface area (Å²) in [6.07, 6.45) is 1.32. The van der Waals surface area contributed by atoms with Crippen molar-refractivity contribution < 1.29 is 19.1 Å². The Morgan fingerprint density at radius 2 is 0.917 bits per heavy atom. The van der Waals surface area contributed by atoms with Crippen LogP contribution in [0.15, 0.2) is 48.5 Å². The highest BCUT2D eigenvalue weighted by Gasteiger charge is 2.27. The summed E-state index contributed by atoms with van der Waals surface area (Å²) in [6.45, 7) is 13.4. The summed E-state index contributed by atoms with van der Waals surface area (Å²) in [6, 6.07) is 14.7. The van der Waals surface area contributed by atoms with E-state index in [2.05, 4.69) is 37.5 Å². The molecule has 6 heteroatoms. The monoisotopic (exact) mass is 496 g/mol. The molecule has 0 bridgehead atoms. The normalized spacial score (nSPS) is 13.0. The zero-order valence-corrected chi connectivity index (χ0v) is 23.0. The number of nitrogens with zero attached hydrogens (tertiary/aromatic N) is 2. The zero-order chi connectivity index (χ0) is 26.5. The number of hydrogen-bond donors (Lipinski definition) is 0. The van der Waals surface area contributed by atoms with Crippen molar-refractivity contribution in [2.45, 2.75) is 40.5 Å². The Kier molecular flexibility index (Phi) is 12.6. The van der Waals surface area contributed by atoms with Crippen LogP contribution in [0.5, 0.6) is 11.5 Å². The second kappa shape index (κ2) is 15.4. The molecule has 6 nitrogen and oxygen atoms in total. The number of benzene rings is 2. The van der Waals surface area contributed by atoms with Crippen LogP contribution in [0.1, 0.15) is 61.3 Å². The summed E-state index contributed by atoms with van der Waals surface area (Å²) in [5.41, 5.74) is 1.38. The minimum Gasteiger partial charge on any atom is -0.497 e. The fourth-order valence-electron chi connectivity index (χ4n) is 4.58. The molecule has 0 N–H and O–H groups in total. The minimum atomic E-state index is -0.179. The van der Waals surface area contributed by atoms with Crippen molar-refractivity contribution in [3.8, 4) is 11.5 Å². The molecule has 0 heterocycles. The van der Waals surface area contributed by atoms with Gasteiger partial charge < -0.3 is 19.3 Å². The molecule has 36 heavy (non-hydrogen) atoms. The van der Waals surface area contributed by atoms with Crippen LogP contribution >= 0.6 is 0 Å². The third-order valence-electron chi connectivity index (χ3n) is 7.10. The summed E-state index contributed by atoms with van der Waals surface area (Å²) < 4.78 is 10.5. The number of ether oxygens (including phenoxy) is 2. The first-order valence-electron chi connectivity index (χ1n) is 13.2. The molecule has 2 aromatic carbocycles. The molecule has 0 saturated heterocycles. The molecule has 0 unspecified atom stereocenters. The molecular weight excluding hydrogens is 452 g/mol. The molecule has 2 rings (SSSR count). The van der Waals surface area contributed by atoms with E-state index in [9.17, 15) is 9.59 Å². The Morgan fingerprint density at radius 3 is 1.17 bits per heavy atom. The van der Waals surface area contributed by atoms with Crippen LogP contribution in [-0.4, -0.2) is 74.9 Å². The molecule has 0 aliphatic heterocycles. The van der Waals surface area contributed by atoms with Gasteiger partial charge in [0.15, 0.2) is 11.6 Å². The summed E-state index contributed by atoms with van der Waals surface area (Å²) in [7, 11) is 3.24. The van der Waals surface area contributed by atoms with Gasteiger partial charge in [0.05, 0.1) is 14.2 Å². The largest absolute Gasteiger partial charge is 0.497 e. The average molecular weight is 497 g/mol. The van der Waals surface area contributed by atoms with Gasteiger partial charge >= 0.3 is 0 Å². The van der Waals surface area contributed by atoms with Gasteiger partial charge in [-0.25, -0.2) is 0 Å². The Hall–Kier alpha value is -2.70. The maximum absolute atomic E-state index is 13.6. The quantitative estimate of drug-likeness (QED) is 0.271. The Balaban J connectivity index is 2.27. The lowest BCUT2D eigenvalue weighted by Gasteiger charge is -2.28. The van der Waals surface area contributed by atoms with Gasteiger partial charge in [-0.2, -0.15) is 0 Å². The van der Waals surface area contributed by atoms with E-state index in [0.29, 0.717) is 37.1 Å². The van der Waals surface area contributed by atoms with Gasteiger partial charge in [-0.1, -0.05) is 27.7 Å². The number of carbonyl (C=O) groups excluding carboxylic acids is 2. The first-order chi connectivity index (χ1) is 17.4. The van der Waals surface area contributed by atoms with Gasteiger partial charge in [0, 0.05) is 36.1 Å². The van der Waals surface area contributed by atoms with Crippen molar-refractivity contribution in [2.75, 3.05) is 53.5 Å². The fourth-order valence-corrected chi connectivity index (χ4v) is 4.58. The van der Waals surface area contributed by atoms with E-state index in [1.165, 1.54) is 0 Å². The molecule has 2 aromatic rings. The van der Waals surface area contributed by atoms with Crippen molar-refractivity contribution >= 4 is 11.6 Å². The number of carbonyl (C=O) groups is 2. The molecule has 0 fully saturated rings. The lowest BCUT2D eigenvalue weighted by atomic mass is 9.86. The lowest BCUT2D eigenvalue weighted by Crippen LogP contribution is -2.36. The molecule has 0 aromatic heterocycles. The van der Waals surface area contributed by atoms with Crippen LogP contribution < -0.4 is 9.47 Å². The van der Waals surface area contributed by atoms with E-state index in [0.717, 1.165) is 37.7 Å². The predicted octanol–water partition coefficient (Wildman–Crippen LogP) is 5.47. The van der Waals surface area contributed by atoms with E-state index >= 15 is 0 Å². The van der Waals surface area contributed by atoms with Gasteiger partial charge in [-0.3, -0.25) is 9.59 Å². The van der Waals surface area contributed by atoms with Crippen molar-refractivity contribution in [2.24, 2.45) is 11.8 Å². The van der Waals surface area contributed by atoms with Crippen LogP contribution in [0.2, 0.25) is 0 Å². The topological polar surface area (TPSA) is 59.1 Å². The molecule has 0 saturated carbocycles. The van der Waals surface area contributed by atoms with Gasteiger partial charge in [0.1, 0.15) is 11.5 Å². The van der Waals surface area contributed by atoms with Gasteiger partial charge in [-0.15, -0.1) is 0 Å². The van der Waals surface area contributed by atoms with Crippen molar-refractivity contribution in [1.29, 1.82) is 0 Å². The van der Waals surface area contributed by atoms with Crippen molar-refractivity contribution in [3.63, 3.8) is 0 Å². The van der Waals surface area contributed by atoms with Crippen LogP contribution in [0.4, 0.5) is 0 Å². The standard InChI is InChI=1S/C30H44N2O4/c1-7-31(8-2)21-25(29(33)23-13-17-27(35-5)18-14-23)11-12-26(22-32(9-3)10-4)30(34)24-15-19-28(36-6)20-16-24/h13-20,25-26H,7-12,21-22H2,1-6H3/t25-,26-/m1/s1. The molecule has 0 amide bonds.